The molecule has 0 amide bonds. The number of aromatic nitrogens is 4. The molecule has 0 aliphatic carbocycles. The number of benzene rings is 1. The molecule has 9 heteroatoms. The maximum absolute atomic E-state index is 11.5. The summed E-state index contributed by atoms with van der Waals surface area (Å²) in [5.74, 6) is 0. The monoisotopic (exact) mass is 316 g/mol. The number of aromatic amines is 1. The van der Waals surface area contributed by atoms with Crippen LogP contribution in [0, 0.1) is 0 Å². The largest absolute Gasteiger partial charge is 0.358 e. The van der Waals surface area contributed by atoms with Crippen molar-refractivity contribution in [2.75, 3.05) is 0 Å². The van der Waals surface area contributed by atoms with E-state index in [1.54, 1.807) is 16.7 Å². The van der Waals surface area contributed by atoms with E-state index in [9.17, 15) is 8.42 Å². The van der Waals surface area contributed by atoms with E-state index >= 15 is 0 Å². The molecule has 1 N–H and O–H groups in total. The number of rotatable bonds is 2. The third-order valence-corrected chi connectivity index (χ3v) is 4.35. The summed E-state index contributed by atoms with van der Waals surface area (Å²) in [5.41, 5.74) is 1.11. The average molecular weight is 317 g/mol. The third-order valence-electron chi connectivity index (χ3n) is 2.68. The van der Waals surface area contributed by atoms with Gasteiger partial charge in [-0.3, -0.25) is 4.57 Å². The third kappa shape index (κ3) is 1.99. The van der Waals surface area contributed by atoms with Crippen molar-refractivity contribution in [2.24, 2.45) is 0 Å². The van der Waals surface area contributed by atoms with Crippen molar-refractivity contribution in [3.05, 3.63) is 36.0 Å². The first-order valence-corrected chi connectivity index (χ1v) is 7.76. The molecule has 0 unspecified atom stereocenters. The quantitative estimate of drug-likeness (QED) is 0.736. The fraction of sp³-hybridized carbons (Fsp3) is 0. The fourth-order valence-electron chi connectivity index (χ4n) is 1.90. The Morgan fingerprint density at radius 2 is 1.89 bits per heavy atom. The van der Waals surface area contributed by atoms with Gasteiger partial charge in [-0.25, -0.2) is 8.42 Å². The van der Waals surface area contributed by atoms with Crippen LogP contribution in [0.5, 0.6) is 0 Å². The lowest BCUT2D eigenvalue weighted by Gasteiger charge is -2.06. The Morgan fingerprint density at radius 3 is 2.53 bits per heavy atom. The van der Waals surface area contributed by atoms with Gasteiger partial charge in [0.1, 0.15) is 17.6 Å². The van der Waals surface area contributed by atoms with Crippen LogP contribution in [0.15, 0.2) is 35.9 Å². The van der Waals surface area contributed by atoms with E-state index in [0.29, 0.717) is 21.6 Å². The standard InChI is InChI=1S/C10H6Cl2N4O2S/c11-7-2-1-6-8(19(12,17)18)3-13-9(6)10(7)16-4-14-15-5-16/h1-5,13H. The first-order valence-electron chi connectivity index (χ1n) is 5.08. The Kier molecular flexibility index (Phi) is 2.77. The number of nitrogens with zero attached hydrogens (tertiary/aromatic N) is 3. The van der Waals surface area contributed by atoms with Crippen LogP contribution in [0.25, 0.3) is 16.6 Å². The lowest BCUT2D eigenvalue weighted by molar-refractivity contribution is 0.610. The van der Waals surface area contributed by atoms with Gasteiger partial charge in [0.25, 0.3) is 9.05 Å². The van der Waals surface area contributed by atoms with Crippen LogP contribution in [0.3, 0.4) is 0 Å². The van der Waals surface area contributed by atoms with Gasteiger partial charge in [0, 0.05) is 22.3 Å². The summed E-state index contributed by atoms with van der Waals surface area (Å²) in [5, 5.41) is 8.30. The lowest BCUT2D eigenvalue weighted by atomic mass is 10.2. The number of hydrogen-bond donors (Lipinski definition) is 1. The summed E-state index contributed by atoms with van der Waals surface area (Å²) in [7, 11) is 1.56. The van der Waals surface area contributed by atoms with Gasteiger partial charge in [-0.05, 0) is 12.1 Å². The molecular weight excluding hydrogens is 311 g/mol. The molecule has 3 aromatic rings. The highest BCUT2D eigenvalue weighted by Crippen LogP contribution is 2.33. The molecule has 0 saturated carbocycles. The molecule has 0 spiro atoms. The minimum atomic E-state index is -3.83. The second-order valence-corrected chi connectivity index (χ2v) is 6.72. The van der Waals surface area contributed by atoms with Crippen molar-refractivity contribution >= 4 is 42.2 Å². The smallest absolute Gasteiger partial charge is 0.263 e. The highest BCUT2D eigenvalue weighted by molar-refractivity contribution is 8.14. The van der Waals surface area contributed by atoms with Crippen LogP contribution in [0.2, 0.25) is 5.02 Å². The molecule has 98 valence electrons. The maximum Gasteiger partial charge on any atom is 0.263 e. The van der Waals surface area contributed by atoms with Crippen LogP contribution in [-0.4, -0.2) is 28.2 Å². The molecule has 0 aliphatic heterocycles. The van der Waals surface area contributed by atoms with Crippen molar-refractivity contribution in [3.8, 4) is 5.69 Å². The summed E-state index contributed by atoms with van der Waals surface area (Å²) < 4.78 is 24.5. The van der Waals surface area contributed by atoms with Crippen LogP contribution in [0.1, 0.15) is 0 Å². The van der Waals surface area contributed by atoms with Crippen LogP contribution >= 0.6 is 22.3 Å². The Hall–Kier alpha value is -1.57. The van der Waals surface area contributed by atoms with E-state index in [0.717, 1.165) is 0 Å². The molecule has 0 aliphatic rings. The van der Waals surface area contributed by atoms with Gasteiger partial charge in [0.05, 0.1) is 16.2 Å². The SMILES string of the molecule is O=S(=O)(Cl)c1c[nH]c2c(-n3cnnc3)c(Cl)ccc12. The topological polar surface area (TPSA) is 80.6 Å². The Balaban J connectivity index is 2.41. The number of halogens is 2. The molecule has 3 rings (SSSR count). The lowest BCUT2D eigenvalue weighted by Crippen LogP contribution is -1.94. The summed E-state index contributed by atoms with van der Waals surface area (Å²) in [4.78, 5) is 2.88. The van der Waals surface area contributed by atoms with Crippen LogP contribution < -0.4 is 0 Å². The van der Waals surface area contributed by atoms with E-state index in [4.69, 9.17) is 22.3 Å². The maximum atomic E-state index is 11.5. The first kappa shape index (κ1) is 12.5. The molecule has 0 saturated heterocycles. The summed E-state index contributed by atoms with van der Waals surface area (Å²) >= 11 is 6.14. The van der Waals surface area contributed by atoms with Gasteiger partial charge in [0.2, 0.25) is 0 Å². The highest BCUT2D eigenvalue weighted by Gasteiger charge is 2.19. The minimum absolute atomic E-state index is 0.00941. The molecule has 0 bridgehead atoms. The molecule has 0 fully saturated rings. The predicted octanol–water partition coefficient (Wildman–Crippen LogP) is 2.33. The van der Waals surface area contributed by atoms with Gasteiger partial charge in [-0.1, -0.05) is 11.6 Å². The zero-order valence-corrected chi connectivity index (χ0v) is 11.5. The first-order chi connectivity index (χ1) is 8.98. The van der Waals surface area contributed by atoms with Crippen LogP contribution in [0.4, 0.5) is 0 Å². The predicted molar refractivity (Wildman–Crippen MR) is 71.3 cm³/mol. The van der Waals surface area contributed by atoms with Crippen molar-refractivity contribution in [1.29, 1.82) is 0 Å². The summed E-state index contributed by atoms with van der Waals surface area (Å²) in [6.07, 6.45) is 4.27. The zero-order valence-electron chi connectivity index (χ0n) is 9.21. The number of nitrogens with one attached hydrogen (secondary N) is 1. The molecule has 19 heavy (non-hydrogen) atoms. The van der Waals surface area contributed by atoms with Gasteiger partial charge < -0.3 is 4.98 Å². The Labute approximate surface area is 117 Å². The summed E-state index contributed by atoms with van der Waals surface area (Å²) in [6, 6.07) is 3.19. The Morgan fingerprint density at radius 1 is 1.21 bits per heavy atom. The van der Waals surface area contributed by atoms with Crippen molar-refractivity contribution < 1.29 is 8.42 Å². The molecule has 2 heterocycles. The molecule has 0 atom stereocenters. The van der Waals surface area contributed by atoms with E-state index in [-0.39, 0.29) is 4.90 Å². The Bertz CT molecular complexity index is 855. The van der Waals surface area contributed by atoms with E-state index < -0.39 is 9.05 Å². The second kappa shape index (κ2) is 4.22. The molecule has 2 aromatic heterocycles. The highest BCUT2D eigenvalue weighted by atomic mass is 35.7. The zero-order chi connectivity index (χ0) is 13.6. The number of hydrogen-bond acceptors (Lipinski definition) is 4. The van der Waals surface area contributed by atoms with E-state index in [1.165, 1.54) is 18.9 Å². The average Bonchev–Trinajstić information content (AvgIpc) is 2.94. The van der Waals surface area contributed by atoms with Gasteiger partial charge in [-0.15, -0.1) is 10.2 Å². The van der Waals surface area contributed by atoms with Crippen molar-refractivity contribution in [3.63, 3.8) is 0 Å². The van der Waals surface area contributed by atoms with Gasteiger partial charge in [0.15, 0.2) is 0 Å². The van der Waals surface area contributed by atoms with Crippen LogP contribution in [-0.2, 0) is 9.05 Å². The number of H-pyrrole nitrogens is 1. The fourth-order valence-corrected chi connectivity index (χ4v) is 3.17. The van der Waals surface area contributed by atoms with E-state index in [2.05, 4.69) is 15.2 Å². The van der Waals surface area contributed by atoms with Gasteiger partial charge >= 0.3 is 0 Å². The normalized spacial score (nSPS) is 12.1. The number of fused-ring (bicyclic) bond motifs is 1. The molecule has 0 radical (unpaired) electrons. The molecular formula is C10H6Cl2N4O2S. The van der Waals surface area contributed by atoms with E-state index in [1.807, 2.05) is 0 Å². The molecule has 6 nitrogen and oxygen atoms in total. The van der Waals surface area contributed by atoms with Gasteiger partial charge in [-0.2, -0.15) is 0 Å². The summed E-state index contributed by atoms with van der Waals surface area (Å²) in [6.45, 7) is 0. The minimum Gasteiger partial charge on any atom is -0.358 e. The van der Waals surface area contributed by atoms with Crippen molar-refractivity contribution in [2.45, 2.75) is 4.90 Å². The van der Waals surface area contributed by atoms with Crippen molar-refractivity contribution in [1.82, 2.24) is 19.7 Å². The second-order valence-electron chi connectivity index (χ2n) is 3.78. The molecule has 1 aromatic carbocycles.